The van der Waals surface area contributed by atoms with E-state index < -0.39 is 0 Å². The fraction of sp³-hybridized carbons (Fsp3) is 0.647. The van der Waals surface area contributed by atoms with Crippen molar-refractivity contribution >= 4 is 0 Å². The van der Waals surface area contributed by atoms with Crippen molar-refractivity contribution in [2.75, 3.05) is 6.54 Å². The third-order valence-electron chi connectivity index (χ3n) is 4.56. The second kappa shape index (κ2) is 5.05. The molecule has 1 nitrogen and oxygen atoms in total. The SMILES string of the molecule is CC(C)(C)c1ccc(C2(CN)CCCCC2)cc1. The molecule has 100 valence electrons. The number of rotatable bonds is 2. The summed E-state index contributed by atoms with van der Waals surface area (Å²) in [6.07, 6.45) is 6.56. The molecule has 2 rings (SSSR count). The molecular weight excluding hydrogens is 218 g/mol. The van der Waals surface area contributed by atoms with Crippen LogP contribution in [0.2, 0.25) is 0 Å². The molecule has 0 heterocycles. The van der Waals surface area contributed by atoms with Gasteiger partial charge in [0.1, 0.15) is 0 Å². The molecule has 18 heavy (non-hydrogen) atoms. The fourth-order valence-corrected chi connectivity index (χ4v) is 3.16. The van der Waals surface area contributed by atoms with Crippen molar-refractivity contribution in [3.05, 3.63) is 35.4 Å². The monoisotopic (exact) mass is 245 g/mol. The molecule has 0 amide bonds. The zero-order valence-electron chi connectivity index (χ0n) is 12.1. The highest BCUT2D eigenvalue weighted by Crippen LogP contribution is 2.39. The number of nitrogens with two attached hydrogens (primary N) is 1. The number of hydrogen-bond donors (Lipinski definition) is 1. The summed E-state index contributed by atoms with van der Waals surface area (Å²) in [5, 5.41) is 0. The highest BCUT2D eigenvalue weighted by molar-refractivity contribution is 5.33. The Kier molecular flexibility index (Phi) is 3.82. The molecule has 0 bridgehead atoms. The van der Waals surface area contributed by atoms with E-state index in [2.05, 4.69) is 45.0 Å². The minimum atomic E-state index is 0.237. The minimum absolute atomic E-state index is 0.237. The summed E-state index contributed by atoms with van der Waals surface area (Å²) in [5.41, 5.74) is 9.46. The van der Waals surface area contributed by atoms with Crippen LogP contribution in [-0.4, -0.2) is 6.54 Å². The second-order valence-electron chi connectivity index (χ2n) is 6.87. The van der Waals surface area contributed by atoms with Gasteiger partial charge < -0.3 is 5.73 Å². The maximum atomic E-state index is 6.09. The molecule has 1 heteroatoms. The highest BCUT2D eigenvalue weighted by Gasteiger charge is 2.32. The molecule has 1 aliphatic rings. The molecule has 1 saturated carbocycles. The predicted octanol–water partition coefficient (Wildman–Crippen LogP) is 4.14. The van der Waals surface area contributed by atoms with Crippen molar-refractivity contribution in [2.45, 2.75) is 63.7 Å². The van der Waals surface area contributed by atoms with Gasteiger partial charge in [-0.2, -0.15) is 0 Å². The first-order chi connectivity index (χ1) is 8.48. The van der Waals surface area contributed by atoms with Crippen LogP contribution in [0.15, 0.2) is 24.3 Å². The Bertz CT molecular complexity index is 377. The molecule has 0 atom stereocenters. The van der Waals surface area contributed by atoms with Crippen LogP contribution in [0.5, 0.6) is 0 Å². The molecule has 1 aromatic carbocycles. The van der Waals surface area contributed by atoms with Crippen molar-refractivity contribution in [2.24, 2.45) is 5.73 Å². The van der Waals surface area contributed by atoms with Gasteiger partial charge in [-0.05, 0) is 29.4 Å². The first-order valence-corrected chi connectivity index (χ1v) is 7.29. The second-order valence-corrected chi connectivity index (χ2v) is 6.87. The Morgan fingerprint density at radius 2 is 1.56 bits per heavy atom. The van der Waals surface area contributed by atoms with Gasteiger partial charge in [0.2, 0.25) is 0 Å². The van der Waals surface area contributed by atoms with Crippen LogP contribution in [0.25, 0.3) is 0 Å². The number of hydrogen-bond acceptors (Lipinski definition) is 1. The molecule has 0 aliphatic heterocycles. The van der Waals surface area contributed by atoms with Gasteiger partial charge in [-0.25, -0.2) is 0 Å². The van der Waals surface area contributed by atoms with Crippen molar-refractivity contribution < 1.29 is 0 Å². The molecule has 0 spiro atoms. The normalized spacial score (nSPS) is 19.8. The standard InChI is InChI=1S/C17H27N/c1-16(2,3)14-7-9-15(10-8-14)17(13-18)11-5-4-6-12-17/h7-10H,4-6,11-13,18H2,1-3H3. The van der Waals surface area contributed by atoms with Gasteiger partial charge >= 0.3 is 0 Å². The maximum absolute atomic E-state index is 6.09. The molecule has 0 radical (unpaired) electrons. The lowest BCUT2D eigenvalue weighted by Crippen LogP contribution is -2.37. The molecular formula is C17H27N. The first kappa shape index (κ1) is 13.6. The van der Waals surface area contributed by atoms with Crippen LogP contribution < -0.4 is 5.73 Å². The summed E-state index contributed by atoms with van der Waals surface area (Å²) in [6, 6.07) is 9.22. The summed E-state index contributed by atoms with van der Waals surface area (Å²) in [6.45, 7) is 7.59. The minimum Gasteiger partial charge on any atom is -0.330 e. The van der Waals surface area contributed by atoms with E-state index in [-0.39, 0.29) is 10.8 Å². The van der Waals surface area contributed by atoms with Gasteiger partial charge in [-0.15, -0.1) is 0 Å². The van der Waals surface area contributed by atoms with E-state index in [1.54, 1.807) is 0 Å². The van der Waals surface area contributed by atoms with Crippen molar-refractivity contribution in [1.82, 2.24) is 0 Å². The quantitative estimate of drug-likeness (QED) is 0.832. The van der Waals surface area contributed by atoms with Crippen LogP contribution in [0.1, 0.15) is 64.0 Å². The van der Waals surface area contributed by atoms with Crippen molar-refractivity contribution in [3.63, 3.8) is 0 Å². The molecule has 1 aliphatic carbocycles. The third kappa shape index (κ3) is 2.61. The summed E-state index contributed by atoms with van der Waals surface area (Å²) in [5.74, 6) is 0. The topological polar surface area (TPSA) is 26.0 Å². The van der Waals surface area contributed by atoms with E-state index in [9.17, 15) is 0 Å². The van der Waals surface area contributed by atoms with Crippen LogP contribution in [0.4, 0.5) is 0 Å². The van der Waals surface area contributed by atoms with Crippen LogP contribution in [0.3, 0.4) is 0 Å². The Morgan fingerprint density at radius 3 is 2.00 bits per heavy atom. The summed E-state index contributed by atoms with van der Waals surface area (Å²) in [4.78, 5) is 0. The Labute approximate surface area is 112 Å². The van der Waals surface area contributed by atoms with Crippen molar-refractivity contribution in [1.29, 1.82) is 0 Å². The van der Waals surface area contributed by atoms with Gasteiger partial charge in [-0.1, -0.05) is 64.3 Å². The van der Waals surface area contributed by atoms with Gasteiger partial charge in [0.25, 0.3) is 0 Å². The predicted molar refractivity (Wildman–Crippen MR) is 79.0 cm³/mol. The summed E-state index contributed by atoms with van der Waals surface area (Å²) < 4.78 is 0. The zero-order valence-corrected chi connectivity index (χ0v) is 12.1. The van der Waals surface area contributed by atoms with E-state index in [4.69, 9.17) is 5.73 Å². The van der Waals surface area contributed by atoms with E-state index in [1.807, 2.05) is 0 Å². The number of benzene rings is 1. The summed E-state index contributed by atoms with van der Waals surface area (Å²) >= 11 is 0. The van der Waals surface area contributed by atoms with Gasteiger partial charge in [0, 0.05) is 12.0 Å². The van der Waals surface area contributed by atoms with E-state index in [0.717, 1.165) is 6.54 Å². The molecule has 0 aromatic heterocycles. The zero-order chi connectivity index (χ0) is 13.2. The van der Waals surface area contributed by atoms with Crippen LogP contribution >= 0.6 is 0 Å². The highest BCUT2D eigenvalue weighted by atomic mass is 14.6. The van der Waals surface area contributed by atoms with E-state index >= 15 is 0 Å². The lowest BCUT2D eigenvalue weighted by atomic mass is 9.69. The van der Waals surface area contributed by atoms with E-state index in [0.29, 0.717) is 0 Å². The smallest absolute Gasteiger partial charge is 0.00755 e. The van der Waals surface area contributed by atoms with Crippen molar-refractivity contribution in [3.8, 4) is 0 Å². The largest absolute Gasteiger partial charge is 0.330 e. The maximum Gasteiger partial charge on any atom is 0.00755 e. The summed E-state index contributed by atoms with van der Waals surface area (Å²) in [7, 11) is 0. The first-order valence-electron chi connectivity index (χ1n) is 7.29. The molecule has 2 N–H and O–H groups in total. The molecule has 1 fully saturated rings. The van der Waals surface area contributed by atoms with Gasteiger partial charge in [0.15, 0.2) is 0 Å². The van der Waals surface area contributed by atoms with Gasteiger partial charge in [-0.3, -0.25) is 0 Å². The van der Waals surface area contributed by atoms with Gasteiger partial charge in [0.05, 0.1) is 0 Å². The molecule has 0 saturated heterocycles. The molecule has 0 unspecified atom stereocenters. The van der Waals surface area contributed by atoms with E-state index in [1.165, 1.54) is 43.2 Å². The Morgan fingerprint density at radius 1 is 1.00 bits per heavy atom. The lowest BCUT2D eigenvalue weighted by Gasteiger charge is -2.37. The average Bonchev–Trinajstić information content (AvgIpc) is 2.39. The lowest BCUT2D eigenvalue weighted by molar-refractivity contribution is 0.300. The Balaban J connectivity index is 2.27. The fourth-order valence-electron chi connectivity index (χ4n) is 3.16. The van der Waals surface area contributed by atoms with Crippen LogP contribution in [-0.2, 0) is 10.8 Å². The molecule has 1 aromatic rings. The van der Waals surface area contributed by atoms with Crippen LogP contribution in [0, 0.1) is 0 Å². The Hall–Kier alpha value is -0.820. The average molecular weight is 245 g/mol. The third-order valence-corrected chi connectivity index (χ3v) is 4.56.